The van der Waals surface area contributed by atoms with Crippen LogP contribution < -0.4 is 10.2 Å². The van der Waals surface area contributed by atoms with E-state index in [4.69, 9.17) is 4.74 Å². The van der Waals surface area contributed by atoms with Crippen molar-refractivity contribution in [3.05, 3.63) is 66.2 Å². The van der Waals surface area contributed by atoms with Crippen molar-refractivity contribution in [1.82, 2.24) is 5.43 Å². The molecule has 0 spiro atoms. The van der Waals surface area contributed by atoms with Crippen LogP contribution in [0.4, 0.5) is 0 Å². The standard InChI is InChI=1S/C17H18N2O2/c1-2-16(21-15-11-7-4-8-12-15)17(20)19-18-13-14-9-5-3-6-10-14/h3-13,16H,2H2,1H3,(H,19,20)/b18-13+. The van der Waals surface area contributed by atoms with Crippen LogP contribution in [-0.4, -0.2) is 18.2 Å². The average molecular weight is 282 g/mol. The molecular formula is C17H18N2O2. The highest BCUT2D eigenvalue weighted by Crippen LogP contribution is 2.12. The van der Waals surface area contributed by atoms with Gasteiger partial charge in [-0.05, 0) is 24.1 Å². The van der Waals surface area contributed by atoms with Gasteiger partial charge in [-0.1, -0.05) is 55.5 Å². The molecule has 108 valence electrons. The van der Waals surface area contributed by atoms with E-state index in [0.29, 0.717) is 12.2 Å². The maximum Gasteiger partial charge on any atom is 0.281 e. The molecule has 1 atom stereocenters. The van der Waals surface area contributed by atoms with Crippen LogP contribution >= 0.6 is 0 Å². The first-order chi connectivity index (χ1) is 10.3. The number of benzene rings is 2. The Kier molecular flexibility index (Phi) is 5.52. The molecule has 0 saturated carbocycles. The van der Waals surface area contributed by atoms with E-state index in [0.717, 1.165) is 5.56 Å². The van der Waals surface area contributed by atoms with Gasteiger partial charge in [0.15, 0.2) is 6.10 Å². The van der Waals surface area contributed by atoms with Gasteiger partial charge < -0.3 is 4.74 Å². The van der Waals surface area contributed by atoms with Gasteiger partial charge in [0.2, 0.25) is 0 Å². The Morgan fingerprint density at radius 2 is 1.76 bits per heavy atom. The van der Waals surface area contributed by atoms with Gasteiger partial charge in [0.1, 0.15) is 5.75 Å². The summed E-state index contributed by atoms with van der Waals surface area (Å²) in [4.78, 5) is 12.0. The van der Waals surface area contributed by atoms with E-state index in [1.165, 1.54) is 0 Å². The molecule has 0 aliphatic rings. The van der Waals surface area contributed by atoms with Crippen LogP contribution in [-0.2, 0) is 4.79 Å². The third-order valence-electron chi connectivity index (χ3n) is 2.87. The van der Waals surface area contributed by atoms with E-state index in [1.54, 1.807) is 6.21 Å². The minimum atomic E-state index is -0.555. The topological polar surface area (TPSA) is 50.7 Å². The molecule has 2 aromatic rings. The molecule has 0 aromatic heterocycles. The monoisotopic (exact) mass is 282 g/mol. The molecule has 21 heavy (non-hydrogen) atoms. The summed E-state index contributed by atoms with van der Waals surface area (Å²) < 4.78 is 5.64. The molecule has 0 bridgehead atoms. The van der Waals surface area contributed by atoms with Gasteiger partial charge in [0, 0.05) is 0 Å². The van der Waals surface area contributed by atoms with Crippen molar-refractivity contribution in [3.8, 4) is 5.75 Å². The first kappa shape index (κ1) is 14.8. The number of carbonyl (C=O) groups is 1. The normalized spacial score (nSPS) is 12.0. The third kappa shape index (κ3) is 4.76. The summed E-state index contributed by atoms with van der Waals surface area (Å²) in [6.45, 7) is 1.90. The first-order valence-corrected chi connectivity index (χ1v) is 6.89. The van der Waals surface area contributed by atoms with Crippen molar-refractivity contribution in [3.63, 3.8) is 0 Å². The van der Waals surface area contributed by atoms with Crippen molar-refractivity contribution >= 4 is 12.1 Å². The predicted molar refractivity (Wildman–Crippen MR) is 83.3 cm³/mol. The van der Waals surface area contributed by atoms with E-state index >= 15 is 0 Å². The van der Waals surface area contributed by atoms with Crippen LogP contribution in [0.5, 0.6) is 5.75 Å². The summed E-state index contributed by atoms with van der Waals surface area (Å²) >= 11 is 0. The highest BCUT2D eigenvalue weighted by Gasteiger charge is 2.17. The van der Waals surface area contributed by atoms with Crippen LogP contribution in [0.25, 0.3) is 0 Å². The van der Waals surface area contributed by atoms with E-state index in [1.807, 2.05) is 67.6 Å². The Labute approximate surface area is 124 Å². The summed E-state index contributed by atoms with van der Waals surface area (Å²) in [5.74, 6) is 0.417. The molecule has 0 fully saturated rings. The Morgan fingerprint density at radius 3 is 2.38 bits per heavy atom. The SMILES string of the molecule is CCC(Oc1ccccc1)C(=O)N/N=C/c1ccccc1. The predicted octanol–water partition coefficient (Wildman–Crippen LogP) is 2.99. The van der Waals surface area contributed by atoms with Crippen LogP contribution in [0.1, 0.15) is 18.9 Å². The van der Waals surface area contributed by atoms with Gasteiger partial charge in [-0.25, -0.2) is 5.43 Å². The van der Waals surface area contributed by atoms with Crippen molar-refractivity contribution in [2.45, 2.75) is 19.4 Å². The summed E-state index contributed by atoms with van der Waals surface area (Å²) in [5, 5.41) is 3.95. The number of amides is 1. The highest BCUT2D eigenvalue weighted by molar-refractivity contribution is 5.84. The molecule has 2 aromatic carbocycles. The average Bonchev–Trinajstić information content (AvgIpc) is 2.54. The lowest BCUT2D eigenvalue weighted by molar-refractivity contribution is -0.128. The Balaban J connectivity index is 1.90. The molecule has 1 N–H and O–H groups in total. The Hall–Kier alpha value is -2.62. The van der Waals surface area contributed by atoms with Crippen LogP contribution in [0.15, 0.2) is 65.8 Å². The maximum absolute atomic E-state index is 12.0. The lowest BCUT2D eigenvalue weighted by Gasteiger charge is -2.15. The number of ether oxygens (including phenoxy) is 1. The molecule has 0 saturated heterocycles. The van der Waals surface area contributed by atoms with E-state index in [9.17, 15) is 4.79 Å². The number of nitrogens with zero attached hydrogens (tertiary/aromatic N) is 1. The zero-order chi connectivity index (χ0) is 14.9. The van der Waals surface area contributed by atoms with Crippen molar-refractivity contribution in [2.75, 3.05) is 0 Å². The molecule has 0 radical (unpaired) electrons. The van der Waals surface area contributed by atoms with Crippen molar-refractivity contribution < 1.29 is 9.53 Å². The molecule has 1 unspecified atom stereocenters. The second kappa shape index (κ2) is 7.85. The van der Waals surface area contributed by atoms with Gasteiger partial charge in [-0.2, -0.15) is 5.10 Å². The van der Waals surface area contributed by atoms with Crippen LogP contribution in [0.3, 0.4) is 0 Å². The lowest BCUT2D eigenvalue weighted by atomic mass is 10.2. The fourth-order valence-electron chi connectivity index (χ4n) is 1.77. The zero-order valence-corrected chi connectivity index (χ0v) is 11.9. The largest absolute Gasteiger partial charge is 0.481 e. The number of para-hydroxylation sites is 1. The third-order valence-corrected chi connectivity index (χ3v) is 2.87. The Bertz CT molecular complexity index is 582. The summed E-state index contributed by atoms with van der Waals surface area (Å²) in [5.41, 5.74) is 3.43. The van der Waals surface area contributed by atoms with E-state index < -0.39 is 6.10 Å². The fourth-order valence-corrected chi connectivity index (χ4v) is 1.77. The number of carbonyl (C=O) groups excluding carboxylic acids is 1. The maximum atomic E-state index is 12.0. The van der Waals surface area contributed by atoms with E-state index in [-0.39, 0.29) is 5.91 Å². The van der Waals surface area contributed by atoms with Crippen molar-refractivity contribution in [1.29, 1.82) is 0 Å². The molecule has 1 amide bonds. The second-order valence-corrected chi connectivity index (χ2v) is 4.47. The molecule has 0 aliphatic carbocycles. The summed E-state index contributed by atoms with van der Waals surface area (Å²) in [6, 6.07) is 18.9. The summed E-state index contributed by atoms with van der Waals surface area (Å²) in [7, 11) is 0. The molecule has 0 heterocycles. The molecule has 4 heteroatoms. The molecule has 4 nitrogen and oxygen atoms in total. The van der Waals surface area contributed by atoms with Gasteiger partial charge in [0.25, 0.3) is 5.91 Å². The molecule has 0 aliphatic heterocycles. The number of hydrogen-bond donors (Lipinski definition) is 1. The number of rotatable bonds is 6. The first-order valence-electron chi connectivity index (χ1n) is 6.89. The van der Waals surface area contributed by atoms with Gasteiger partial charge in [-0.15, -0.1) is 0 Å². The highest BCUT2D eigenvalue weighted by atomic mass is 16.5. The zero-order valence-electron chi connectivity index (χ0n) is 11.9. The number of nitrogens with one attached hydrogen (secondary N) is 1. The molecular weight excluding hydrogens is 264 g/mol. The Morgan fingerprint density at radius 1 is 1.14 bits per heavy atom. The van der Waals surface area contributed by atoms with Crippen LogP contribution in [0, 0.1) is 0 Å². The quantitative estimate of drug-likeness (QED) is 0.654. The number of hydrogen-bond acceptors (Lipinski definition) is 3. The van der Waals surface area contributed by atoms with Gasteiger partial charge in [0.05, 0.1) is 6.21 Å². The van der Waals surface area contributed by atoms with E-state index in [2.05, 4.69) is 10.5 Å². The lowest BCUT2D eigenvalue weighted by Crippen LogP contribution is -2.35. The minimum Gasteiger partial charge on any atom is -0.481 e. The van der Waals surface area contributed by atoms with Crippen molar-refractivity contribution in [2.24, 2.45) is 5.10 Å². The minimum absolute atomic E-state index is 0.256. The van der Waals surface area contributed by atoms with Gasteiger partial charge >= 0.3 is 0 Å². The smallest absolute Gasteiger partial charge is 0.281 e. The summed E-state index contributed by atoms with van der Waals surface area (Å²) in [6.07, 6.45) is 1.62. The molecule has 2 rings (SSSR count). The van der Waals surface area contributed by atoms with Crippen LogP contribution in [0.2, 0.25) is 0 Å². The fraction of sp³-hybridized carbons (Fsp3) is 0.176. The van der Waals surface area contributed by atoms with Gasteiger partial charge in [-0.3, -0.25) is 4.79 Å². The number of hydrazone groups is 1. The second-order valence-electron chi connectivity index (χ2n) is 4.47.